The number of amides is 1. The number of unbranched alkanes of at least 4 members (excludes halogenated alkanes) is 45. The van der Waals surface area contributed by atoms with Crippen molar-refractivity contribution in [3.05, 3.63) is 12.2 Å². The Morgan fingerprint density at radius 2 is 0.613 bits per heavy atom. The molecule has 0 aromatic rings. The summed E-state index contributed by atoms with van der Waals surface area (Å²) in [5.41, 5.74) is 0. The minimum absolute atomic E-state index is 0.0239. The van der Waals surface area contributed by atoms with E-state index in [-0.39, 0.29) is 12.5 Å². The molecular weight excluding hydrogens is 759 g/mol. The summed E-state index contributed by atoms with van der Waals surface area (Å²) in [6.45, 7) is 4.40. The van der Waals surface area contributed by atoms with Crippen LogP contribution in [-0.2, 0) is 4.79 Å². The second-order valence-electron chi connectivity index (χ2n) is 20.1. The van der Waals surface area contributed by atoms with E-state index in [4.69, 9.17) is 0 Å². The van der Waals surface area contributed by atoms with E-state index in [9.17, 15) is 15.0 Å². The number of nitrogens with one attached hydrogen (secondary N) is 1. The van der Waals surface area contributed by atoms with E-state index in [1.807, 2.05) is 0 Å². The van der Waals surface area contributed by atoms with E-state index in [0.29, 0.717) is 12.8 Å². The topological polar surface area (TPSA) is 69.6 Å². The molecule has 0 saturated carbocycles. The molecule has 0 aliphatic heterocycles. The van der Waals surface area contributed by atoms with Gasteiger partial charge in [0.2, 0.25) is 5.91 Å². The fourth-order valence-electron chi connectivity index (χ4n) is 9.36. The van der Waals surface area contributed by atoms with Crippen LogP contribution >= 0.6 is 0 Å². The molecule has 0 fully saturated rings. The van der Waals surface area contributed by atoms with Gasteiger partial charge in [0, 0.05) is 6.42 Å². The SMILES string of the molecule is CCCCCCCCCC/C=C\CCCCCCCCCCCCCCCCCC(=O)NC(CO)C(O)CCCCCCCCCCCCCCCCCCCCCCCCC. The summed E-state index contributed by atoms with van der Waals surface area (Å²) in [4.78, 5) is 12.5. The molecule has 0 spiro atoms. The zero-order valence-electron chi connectivity index (χ0n) is 42.7. The van der Waals surface area contributed by atoms with Gasteiger partial charge in [0.15, 0.2) is 0 Å². The van der Waals surface area contributed by atoms with Gasteiger partial charge in [0.25, 0.3) is 0 Å². The van der Waals surface area contributed by atoms with E-state index in [1.165, 1.54) is 283 Å². The van der Waals surface area contributed by atoms with Crippen molar-refractivity contribution in [2.45, 2.75) is 347 Å². The fourth-order valence-corrected chi connectivity index (χ4v) is 9.36. The largest absolute Gasteiger partial charge is 0.394 e. The van der Waals surface area contributed by atoms with Crippen molar-refractivity contribution in [3.63, 3.8) is 0 Å². The molecule has 0 bridgehead atoms. The number of aliphatic hydroxyl groups excluding tert-OH is 2. The molecule has 3 N–H and O–H groups in total. The first-order valence-electron chi connectivity index (χ1n) is 28.9. The third-order valence-corrected chi connectivity index (χ3v) is 13.8. The molecule has 0 rings (SSSR count). The maximum Gasteiger partial charge on any atom is 0.220 e. The smallest absolute Gasteiger partial charge is 0.220 e. The summed E-state index contributed by atoms with van der Waals surface area (Å²) in [6.07, 6.45) is 70.6. The summed E-state index contributed by atoms with van der Waals surface area (Å²) in [6, 6.07) is -0.534. The van der Waals surface area contributed by atoms with E-state index >= 15 is 0 Å². The van der Waals surface area contributed by atoms with Gasteiger partial charge in [0.1, 0.15) is 0 Å². The van der Waals surface area contributed by atoms with Crippen LogP contribution in [0, 0.1) is 0 Å². The van der Waals surface area contributed by atoms with E-state index in [1.54, 1.807) is 0 Å². The molecule has 2 unspecified atom stereocenters. The maximum absolute atomic E-state index is 12.5. The number of carbonyl (C=O) groups is 1. The van der Waals surface area contributed by atoms with E-state index in [2.05, 4.69) is 31.3 Å². The molecule has 0 aliphatic carbocycles. The number of carbonyl (C=O) groups excluding carboxylic acids is 1. The van der Waals surface area contributed by atoms with Gasteiger partial charge in [0.05, 0.1) is 18.8 Å². The van der Waals surface area contributed by atoms with Crippen LogP contribution in [0.15, 0.2) is 12.2 Å². The number of aliphatic hydroxyl groups is 2. The molecule has 0 aromatic heterocycles. The average Bonchev–Trinajstić information content (AvgIpc) is 3.28. The standard InChI is InChI=1S/C58H115NO3/c1-3-5-7-9-11-13-15-17-19-21-23-25-27-28-29-30-32-34-36-38-40-42-44-46-48-50-52-54-58(62)59-56(55-60)57(61)53-51-49-47-45-43-41-39-37-35-33-31-26-24-22-20-18-16-14-12-10-8-6-4-2/h21,23,56-57,60-61H,3-20,22,24-55H2,1-2H3,(H,59,62)/b23-21-. The molecule has 0 saturated heterocycles. The van der Waals surface area contributed by atoms with Gasteiger partial charge in [-0.2, -0.15) is 0 Å². The van der Waals surface area contributed by atoms with Gasteiger partial charge in [-0.05, 0) is 38.5 Å². The Hall–Kier alpha value is -0.870. The molecule has 0 aromatic carbocycles. The van der Waals surface area contributed by atoms with Crippen molar-refractivity contribution in [1.82, 2.24) is 5.32 Å². The van der Waals surface area contributed by atoms with Crippen LogP contribution in [0.1, 0.15) is 335 Å². The highest BCUT2D eigenvalue weighted by molar-refractivity contribution is 5.76. The Morgan fingerprint density at radius 3 is 0.887 bits per heavy atom. The molecule has 0 heterocycles. The first-order chi connectivity index (χ1) is 30.7. The molecule has 62 heavy (non-hydrogen) atoms. The molecule has 370 valence electrons. The predicted octanol–water partition coefficient (Wildman–Crippen LogP) is 18.9. The average molecular weight is 875 g/mol. The zero-order valence-corrected chi connectivity index (χ0v) is 42.7. The van der Waals surface area contributed by atoms with Gasteiger partial charge in [-0.25, -0.2) is 0 Å². The Bertz CT molecular complexity index is 860. The van der Waals surface area contributed by atoms with Crippen molar-refractivity contribution in [1.29, 1.82) is 0 Å². The Kier molecular flexibility index (Phi) is 53.7. The summed E-state index contributed by atoms with van der Waals surface area (Å²) < 4.78 is 0. The van der Waals surface area contributed by atoms with Crippen LogP contribution in [0.5, 0.6) is 0 Å². The van der Waals surface area contributed by atoms with Crippen LogP contribution in [0.3, 0.4) is 0 Å². The molecule has 0 aliphatic rings. The lowest BCUT2D eigenvalue weighted by Gasteiger charge is -2.22. The van der Waals surface area contributed by atoms with Crippen molar-refractivity contribution in [3.8, 4) is 0 Å². The number of hydrogen-bond acceptors (Lipinski definition) is 3. The number of allylic oxidation sites excluding steroid dienone is 2. The Labute approximate surface area is 390 Å². The maximum atomic E-state index is 12.5. The predicted molar refractivity (Wildman–Crippen MR) is 276 cm³/mol. The second-order valence-corrected chi connectivity index (χ2v) is 20.1. The van der Waals surface area contributed by atoms with Crippen LogP contribution < -0.4 is 5.32 Å². The lowest BCUT2D eigenvalue weighted by atomic mass is 10.0. The number of hydrogen-bond donors (Lipinski definition) is 3. The third-order valence-electron chi connectivity index (χ3n) is 13.8. The minimum atomic E-state index is -0.657. The minimum Gasteiger partial charge on any atom is -0.394 e. The lowest BCUT2D eigenvalue weighted by Crippen LogP contribution is -2.45. The van der Waals surface area contributed by atoms with Crippen LogP contribution in [0.4, 0.5) is 0 Å². The van der Waals surface area contributed by atoms with Crippen molar-refractivity contribution in [2.24, 2.45) is 0 Å². The first-order valence-corrected chi connectivity index (χ1v) is 28.9. The van der Waals surface area contributed by atoms with Crippen LogP contribution in [-0.4, -0.2) is 34.9 Å². The molecule has 4 heteroatoms. The summed E-state index contributed by atoms with van der Waals surface area (Å²) in [5.74, 6) is -0.0239. The Morgan fingerprint density at radius 1 is 0.371 bits per heavy atom. The normalized spacial score (nSPS) is 12.8. The zero-order chi connectivity index (χ0) is 44.9. The lowest BCUT2D eigenvalue weighted by molar-refractivity contribution is -0.123. The molecule has 1 amide bonds. The highest BCUT2D eigenvalue weighted by Gasteiger charge is 2.20. The molecule has 0 radical (unpaired) electrons. The van der Waals surface area contributed by atoms with Gasteiger partial charge in [-0.1, -0.05) is 302 Å². The van der Waals surface area contributed by atoms with Gasteiger partial charge in [-0.15, -0.1) is 0 Å². The summed E-state index contributed by atoms with van der Waals surface area (Å²) in [7, 11) is 0. The highest BCUT2D eigenvalue weighted by atomic mass is 16.3. The fraction of sp³-hybridized carbons (Fsp3) is 0.948. The van der Waals surface area contributed by atoms with Crippen molar-refractivity contribution >= 4 is 5.91 Å². The highest BCUT2D eigenvalue weighted by Crippen LogP contribution is 2.18. The quantitative estimate of drug-likeness (QED) is 0.0421. The first kappa shape index (κ1) is 61.1. The van der Waals surface area contributed by atoms with Crippen LogP contribution in [0.25, 0.3) is 0 Å². The molecular formula is C58H115NO3. The van der Waals surface area contributed by atoms with E-state index in [0.717, 1.165) is 25.7 Å². The van der Waals surface area contributed by atoms with Crippen molar-refractivity contribution < 1.29 is 15.0 Å². The summed E-state index contributed by atoms with van der Waals surface area (Å²) >= 11 is 0. The third kappa shape index (κ3) is 50.1. The molecule has 2 atom stereocenters. The van der Waals surface area contributed by atoms with Gasteiger partial charge >= 0.3 is 0 Å². The van der Waals surface area contributed by atoms with E-state index < -0.39 is 12.1 Å². The Balaban J connectivity index is 3.41. The molecule has 4 nitrogen and oxygen atoms in total. The van der Waals surface area contributed by atoms with Crippen molar-refractivity contribution in [2.75, 3.05) is 6.61 Å². The van der Waals surface area contributed by atoms with Crippen LogP contribution in [0.2, 0.25) is 0 Å². The van der Waals surface area contributed by atoms with Gasteiger partial charge in [-0.3, -0.25) is 4.79 Å². The monoisotopic (exact) mass is 874 g/mol. The summed E-state index contributed by atoms with van der Waals surface area (Å²) in [5, 5.41) is 23.4. The van der Waals surface area contributed by atoms with Gasteiger partial charge < -0.3 is 15.5 Å². The number of rotatable bonds is 54. The second kappa shape index (κ2) is 54.5.